The number of aryl methyl sites for hydroxylation is 1. The van der Waals surface area contributed by atoms with Gasteiger partial charge in [0.1, 0.15) is 5.75 Å². The fourth-order valence-corrected chi connectivity index (χ4v) is 3.59. The predicted molar refractivity (Wildman–Crippen MR) is 121 cm³/mol. The molecule has 0 aliphatic rings. The van der Waals surface area contributed by atoms with Crippen molar-refractivity contribution in [1.82, 2.24) is 0 Å². The van der Waals surface area contributed by atoms with Crippen LogP contribution in [0.3, 0.4) is 0 Å². The SMILES string of the molecule is CCCCCCCOc1ccc(CCC(CCC)(C(=O)OCC)C(=O)OCC)cc1.[H-].[Na+]. The fourth-order valence-electron chi connectivity index (χ4n) is 3.59. The van der Waals surface area contributed by atoms with Gasteiger partial charge in [0, 0.05) is 0 Å². The monoisotopic (exact) mass is 444 g/mol. The van der Waals surface area contributed by atoms with E-state index in [9.17, 15) is 9.59 Å². The van der Waals surface area contributed by atoms with E-state index in [0.29, 0.717) is 25.7 Å². The summed E-state index contributed by atoms with van der Waals surface area (Å²) >= 11 is 0. The summed E-state index contributed by atoms with van der Waals surface area (Å²) in [6, 6.07) is 7.91. The minimum absolute atomic E-state index is 0. The summed E-state index contributed by atoms with van der Waals surface area (Å²) in [6.07, 6.45) is 8.14. The van der Waals surface area contributed by atoms with Crippen molar-refractivity contribution in [1.29, 1.82) is 0 Å². The van der Waals surface area contributed by atoms with Crippen LogP contribution in [0.2, 0.25) is 0 Å². The summed E-state index contributed by atoms with van der Waals surface area (Å²) in [5.41, 5.74) is -0.187. The average molecular weight is 445 g/mol. The normalized spacial score (nSPS) is 10.8. The maximum Gasteiger partial charge on any atom is 1.00 e. The number of benzene rings is 1. The van der Waals surface area contributed by atoms with Gasteiger partial charge in [-0.15, -0.1) is 0 Å². The van der Waals surface area contributed by atoms with Crippen molar-refractivity contribution in [3.8, 4) is 5.75 Å². The van der Waals surface area contributed by atoms with E-state index in [-0.39, 0.29) is 44.2 Å². The zero-order valence-corrected chi connectivity index (χ0v) is 22.3. The Bertz CT molecular complexity index is 603. The Balaban J connectivity index is 0. The van der Waals surface area contributed by atoms with Crippen LogP contribution < -0.4 is 34.3 Å². The molecule has 0 N–H and O–H groups in total. The second-order valence-corrected chi connectivity index (χ2v) is 7.68. The molecule has 0 unspecified atom stereocenters. The summed E-state index contributed by atoms with van der Waals surface area (Å²) in [7, 11) is 0. The largest absolute Gasteiger partial charge is 1.00 e. The number of carbonyl (C=O) groups excluding carboxylic acids is 2. The molecule has 0 aliphatic heterocycles. The maximum atomic E-state index is 12.7. The van der Waals surface area contributed by atoms with Gasteiger partial charge in [0.25, 0.3) is 0 Å². The minimum atomic E-state index is -1.24. The Morgan fingerprint density at radius 1 is 0.806 bits per heavy atom. The van der Waals surface area contributed by atoms with Crippen molar-refractivity contribution in [2.24, 2.45) is 5.41 Å². The Morgan fingerprint density at radius 2 is 1.39 bits per heavy atom. The van der Waals surface area contributed by atoms with E-state index < -0.39 is 17.4 Å². The van der Waals surface area contributed by atoms with Crippen LogP contribution in [0, 0.1) is 5.41 Å². The first-order valence-corrected chi connectivity index (χ1v) is 11.6. The van der Waals surface area contributed by atoms with E-state index in [4.69, 9.17) is 14.2 Å². The van der Waals surface area contributed by atoms with Crippen molar-refractivity contribution in [3.63, 3.8) is 0 Å². The van der Waals surface area contributed by atoms with Crippen LogP contribution in [-0.2, 0) is 25.5 Å². The minimum Gasteiger partial charge on any atom is -1.00 e. The Labute approximate surface area is 212 Å². The molecular weight excluding hydrogens is 403 g/mol. The van der Waals surface area contributed by atoms with Crippen molar-refractivity contribution in [3.05, 3.63) is 29.8 Å². The first-order valence-electron chi connectivity index (χ1n) is 11.6. The number of ether oxygens (including phenoxy) is 3. The summed E-state index contributed by atoms with van der Waals surface area (Å²) in [6.45, 7) is 8.90. The second-order valence-electron chi connectivity index (χ2n) is 7.68. The molecule has 0 atom stereocenters. The smallest absolute Gasteiger partial charge is 1.00 e. The van der Waals surface area contributed by atoms with Crippen molar-refractivity contribution < 1.29 is 54.8 Å². The van der Waals surface area contributed by atoms with E-state index in [1.54, 1.807) is 13.8 Å². The van der Waals surface area contributed by atoms with Crippen molar-refractivity contribution >= 4 is 11.9 Å². The average Bonchev–Trinajstić information content (AvgIpc) is 2.74. The maximum absolute atomic E-state index is 12.7. The Kier molecular flexibility index (Phi) is 16.9. The van der Waals surface area contributed by atoms with Crippen LogP contribution in [0.5, 0.6) is 5.75 Å². The van der Waals surface area contributed by atoms with Crippen LogP contribution in [-0.4, -0.2) is 31.8 Å². The molecule has 0 bridgehead atoms. The number of rotatable bonds is 16. The standard InChI is InChI=1S/C25H40O5.Na.H/c1-5-9-10-11-12-20-30-22-15-13-21(14-16-22)17-19-25(18-6-2,23(26)28-7-3)24(27)29-8-4;;/h13-16H,5-12,17-20H2,1-4H3;;/q;+1;-1. The third-order valence-electron chi connectivity index (χ3n) is 5.29. The van der Waals surface area contributed by atoms with E-state index >= 15 is 0 Å². The second kappa shape index (κ2) is 17.5. The number of hydrogen-bond acceptors (Lipinski definition) is 5. The predicted octanol–water partition coefficient (Wildman–Crippen LogP) is 3.00. The molecule has 0 saturated heterocycles. The van der Waals surface area contributed by atoms with Crippen LogP contribution in [0.4, 0.5) is 0 Å². The molecule has 6 heteroatoms. The number of unbranched alkanes of at least 4 members (excludes halogenated alkanes) is 4. The van der Waals surface area contributed by atoms with Gasteiger partial charge in [-0.05, 0) is 57.2 Å². The van der Waals surface area contributed by atoms with Gasteiger partial charge in [-0.1, -0.05) is 58.1 Å². The Morgan fingerprint density at radius 3 is 1.90 bits per heavy atom. The van der Waals surface area contributed by atoms with Crippen molar-refractivity contribution in [2.45, 2.75) is 85.5 Å². The quantitative estimate of drug-likeness (QED) is 0.170. The number of esters is 2. The van der Waals surface area contributed by atoms with Gasteiger partial charge in [0.15, 0.2) is 5.41 Å². The molecule has 0 amide bonds. The zero-order valence-electron chi connectivity index (χ0n) is 21.3. The van der Waals surface area contributed by atoms with Gasteiger partial charge >= 0.3 is 41.5 Å². The topological polar surface area (TPSA) is 61.8 Å². The van der Waals surface area contributed by atoms with Crippen LogP contribution in [0.25, 0.3) is 0 Å². The van der Waals surface area contributed by atoms with Crippen LogP contribution in [0.1, 0.15) is 86.1 Å². The number of carbonyl (C=O) groups is 2. The Hall–Kier alpha value is -1.04. The first-order chi connectivity index (χ1) is 14.5. The number of hydrogen-bond donors (Lipinski definition) is 0. The fraction of sp³-hybridized carbons (Fsp3) is 0.680. The molecule has 0 spiro atoms. The van der Waals surface area contributed by atoms with Gasteiger partial charge in [0.2, 0.25) is 0 Å². The van der Waals surface area contributed by atoms with E-state index in [0.717, 1.165) is 24.3 Å². The molecule has 0 heterocycles. The van der Waals surface area contributed by atoms with Gasteiger partial charge in [-0.3, -0.25) is 9.59 Å². The van der Waals surface area contributed by atoms with Gasteiger partial charge < -0.3 is 15.6 Å². The molecule has 0 aromatic heterocycles. The van der Waals surface area contributed by atoms with Crippen LogP contribution in [0.15, 0.2) is 24.3 Å². The van der Waals surface area contributed by atoms with E-state index in [1.165, 1.54) is 25.7 Å². The molecular formula is C25H41NaO5. The summed E-state index contributed by atoms with van der Waals surface area (Å²) in [5.74, 6) is -0.105. The molecule has 0 aliphatic carbocycles. The molecule has 0 radical (unpaired) electrons. The molecule has 0 fully saturated rings. The zero-order chi connectivity index (χ0) is 22.2. The molecule has 5 nitrogen and oxygen atoms in total. The van der Waals surface area contributed by atoms with Gasteiger partial charge in [0.05, 0.1) is 19.8 Å². The van der Waals surface area contributed by atoms with Gasteiger partial charge in [-0.2, -0.15) is 0 Å². The molecule has 1 rings (SSSR count). The van der Waals surface area contributed by atoms with E-state index in [1.807, 2.05) is 31.2 Å². The first kappa shape index (κ1) is 30.0. The summed E-state index contributed by atoms with van der Waals surface area (Å²) in [5, 5.41) is 0. The van der Waals surface area contributed by atoms with Crippen molar-refractivity contribution in [2.75, 3.05) is 19.8 Å². The summed E-state index contributed by atoms with van der Waals surface area (Å²) in [4.78, 5) is 25.4. The molecule has 1 aromatic carbocycles. The van der Waals surface area contributed by atoms with Gasteiger partial charge in [-0.25, -0.2) is 0 Å². The van der Waals surface area contributed by atoms with E-state index in [2.05, 4.69) is 6.92 Å². The van der Waals surface area contributed by atoms with Crippen LogP contribution >= 0.6 is 0 Å². The third-order valence-corrected chi connectivity index (χ3v) is 5.29. The summed E-state index contributed by atoms with van der Waals surface area (Å²) < 4.78 is 16.3. The molecule has 31 heavy (non-hydrogen) atoms. The molecule has 0 saturated carbocycles. The third kappa shape index (κ3) is 10.4. The molecule has 1 aromatic rings. The molecule has 172 valence electrons.